The molecule has 1 rings (SSSR count). The first-order chi connectivity index (χ1) is 6.78. The molecule has 0 unspecified atom stereocenters. The maximum Gasteiger partial charge on any atom is 0.390 e. The molecule has 2 N–H and O–H groups in total. The van der Waals surface area contributed by atoms with Crippen molar-refractivity contribution in [2.45, 2.75) is 18.6 Å². The van der Waals surface area contributed by atoms with E-state index < -0.39 is 30.3 Å². The number of nitrogens with two attached hydrogens (primary N) is 1. The van der Waals surface area contributed by atoms with Crippen molar-refractivity contribution in [2.24, 2.45) is 5.73 Å². The van der Waals surface area contributed by atoms with Gasteiger partial charge in [0.1, 0.15) is 11.6 Å². The number of alkyl halides is 3. The van der Waals surface area contributed by atoms with Crippen LogP contribution in [-0.2, 0) is 0 Å². The highest BCUT2D eigenvalue weighted by molar-refractivity contribution is 5.21. The molecule has 1 nitrogen and oxygen atoms in total. The first kappa shape index (κ1) is 11.9. The third-order valence-electron chi connectivity index (χ3n) is 1.76. The SMILES string of the molecule is N[C@@H](CC(F)(F)F)c1cc(F)cc(F)c1. The second-order valence-electron chi connectivity index (χ2n) is 3.13. The van der Waals surface area contributed by atoms with E-state index in [2.05, 4.69) is 0 Å². The van der Waals surface area contributed by atoms with Gasteiger partial charge in [0, 0.05) is 12.1 Å². The Bertz CT molecular complexity index is 327. The van der Waals surface area contributed by atoms with E-state index in [0.29, 0.717) is 6.07 Å². The molecule has 1 aromatic carbocycles. The van der Waals surface area contributed by atoms with Crippen LogP contribution >= 0.6 is 0 Å². The fourth-order valence-electron chi connectivity index (χ4n) is 1.16. The zero-order valence-corrected chi connectivity index (χ0v) is 7.48. The van der Waals surface area contributed by atoms with E-state index >= 15 is 0 Å². The smallest absolute Gasteiger partial charge is 0.324 e. The molecule has 84 valence electrons. The molecular formula is C9H8F5N. The van der Waals surface area contributed by atoms with E-state index in [0.717, 1.165) is 12.1 Å². The summed E-state index contributed by atoms with van der Waals surface area (Å²) in [5.41, 5.74) is 4.96. The molecule has 0 saturated heterocycles. The first-order valence-electron chi connectivity index (χ1n) is 4.06. The summed E-state index contributed by atoms with van der Waals surface area (Å²) in [7, 11) is 0. The molecule has 6 heteroatoms. The molecule has 0 bridgehead atoms. The van der Waals surface area contributed by atoms with E-state index in [1.807, 2.05) is 0 Å². The van der Waals surface area contributed by atoms with Crippen LogP contribution in [0.2, 0.25) is 0 Å². The van der Waals surface area contributed by atoms with Gasteiger partial charge in [-0.2, -0.15) is 13.2 Å². The van der Waals surface area contributed by atoms with E-state index in [9.17, 15) is 22.0 Å². The maximum absolute atomic E-state index is 12.6. The number of benzene rings is 1. The fraction of sp³-hybridized carbons (Fsp3) is 0.333. The van der Waals surface area contributed by atoms with E-state index in [4.69, 9.17) is 5.73 Å². The van der Waals surface area contributed by atoms with Gasteiger partial charge in [-0.15, -0.1) is 0 Å². The molecule has 0 saturated carbocycles. The van der Waals surface area contributed by atoms with Crippen molar-refractivity contribution in [3.05, 3.63) is 35.4 Å². The summed E-state index contributed by atoms with van der Waals surface area (Å²) in [6.07, 6.45) is -5.77. The summed E-state index contributed by atoms with van der Waals surface area (Å²) in [5.74, 6) is -1.88. The number of halogens is 5. The summed E-state index contributed by atoms with van der Waals surface area (Å²) in [5, 5.41) is 0. The molecular weight excluding hydrogens is 217 g/mol. The largest absolute Gasteiger partial charge is 0.390 e. The fourth-order valence-corrected chi connectivity index (χ4v) is 1.16. The van der Waals surface area contributed by atoms with E-state index in [1.54, 1.807) is 0 Å². The Morgan fingerprint density at radius 2 is 1.53 bits per heavy atom. The summed E-state index contributed by atoms with van der Waals surface area (Å²) < 4.78 is 61.1. The van der Waals surface area contributed by atoms with Crippen LogP contribution < -0.4 is 5.73 Å². The average molecular weight is 225 g/mol. The van der Waals surface area contributed by atoms with Crippen LogP contribution in [0.5, 0.6) is 0 Å². The highest BCUT2D eigenvalue weighted by Gasteiger charge is 2.31. The predicted octanol–water partition coefficient (Wildman–Crippen LogP) is 2.92. The van der Waals surface area contributed by atoms with Crippen molar-refractivity contribution in [2.75, 3.05) is 0 Å². The minimum Gasteiger partial charge on any atom is -0.324 e. The van der Waals surface area contributed by atoms with Crippen LogP contribution in [0, 0.1) is 11.6 Å². The maximum atomic E-state index is 12.6. The number of hydrogen-bond donors (Lipinski definition) is 1. The summed E-state index contributed by atoms with van der Waals surface area (Å²) in [4.78, 5) is 0. The van der Waals surface area contributed by atoms with Gasteiger partial charge in [0.2, 0.25) is 0 Å². The topological polar surface area (TPSA) is 26.0 Å². The molecule has 0 aliphatic rings. The lowest BCUT2D eigenvalue weighted by atomic mass is 10.0. The molecule has 0 radical (unpaired) electrons. The minimum atomic E-state index is -4.46. The van der Waals surface area contributed by atoms with Gasteiger partial charge in [0.05, 0.1) is 6.42 Å². The van der Waals surface area contributed by atoms with Crippen molar-refractivity contribution in [3.8, 4) is 0 Å². The quantitative estimate of drug-likeness (QED) is 0.769. The Balaban J connectivity index is 2.86. The van der Waals surface area contributed by atoms with Crippen LogP contribution in [0.1, 0.15) is 18.0 Å². The van der Waals surface area contributed by atoms with Gasteiger partial charge < -0.3 is 5.73 Å². The van der Waals surface area contributed by atoms with Crippen LogP contribution in [0.15, 0.2) is 18.2 Å². The average Bonchev–Trinajstić information content (AvgIpc) is 1.98. The summed E-state index contributed by atoms with van der Waals surface area (Å²) >= 11 is 0. The molecule has 0 heterocycles. The van der Waals surface area contributed by atoms with Gasteiger partial charge in [0.25, 0.3) is 0 Å². The zero-order chi connectivity index (χ0) is 11.6. The van der Waals surface area contributed by atoms with Crippen LogP contribution in [0.3, 0.4) is 0 Å². The van der Waals surface area contributed by atoms with Gasteiger partial charge >= 0.3 is 6.18 Å². The Morgan fingerprint density at radius 3 is 1.93 bits per heavy atom. The number of hydrogen-bond acceptors (Lipinski definition) is 1. The second-order valence-corrected chi connectivity index (χ2v) is 3.13. The van der Waals surface area contributed by atoms with Gasteiger partial charge in [-0.05, 0) is 17.7 Å². The Labute approximate surface area is 82.7 Å². The Morgan fingerprint density at radius 1 is 1.07 bits per heavy atom. The van der Waals surface area contributed by atoms with Crippen molar-refractivity contribution in [3.63, 3.8) is 0 Å². The molecule has 0 spiro atoms. The molecule has 0 fully saturated rings. The van der Waals surface area contributed by atoms with Gasteiger partial charge in [-0.1, -0.05) is 0 Å². The molecule has 1 atom stereocenters. The minimum absolute atomic E-state index is 0.204. The molecule has 0 aliphatic heterocycles. The van der Waals surface area contributed by atoms with E-state index in [1.165, 1.54) is 0 Å². The highest BCUT2D eigenvalue weighted by Crippen LogP contribution is 2.28. The summed E-state index contributed by atoms with van der Waals surface area (Å²) in [6, 6.07) is 0.707. The number of rotatable bonds is 2. The lowest BCUT2D eigenvalue weighted by Crippen LogP contribution is -2.20. The van der Waals surface area contributed by atoms with Crippen molar-refractivity contribution >= 4 is 0 Å². The van der Waals surface area contributed by atoms with Crippen LogP contribution in [0.25, 0.3) is 0 Å². The van der Waals surface area contributed by atoms with Crippen molar-refractivity contribution in [1.82, 2.24) is 0 Å². The second kappa shape index (κ2) is 4.14. The molecule has 0 amide bonds. The molecule has 1 aromatic rings. The standard InChI is InChI=1S/C9H8F5N/c10-6-1-5(2-7(11)3-6)8(15)4-9(12,13)14/h1-3,8H,4,15H2/t8-/m0/s1. The van der Waals surface area contributed by atoms with Crippen LogP contribution in [0.4, 0.5) is 22.0 Å². The first-order valence-corrected chi connectivity index (χ1v) is 4.06. The highest BCUT2D eigenvalue weighted by atomic mass is 19.4. The Kier molecular flexibility index (Phi) is 3.28. The van der Waals surface area contributed by atoms with Crippen molar-refractivity contribution in [1.29, 1.82) is 0 Å². The van der Waals surface area contributed by atoms with Crippen LogP contribution in [-0.4, -0.2) is 6.18 Å². The molecule has 0 aromatic heterocycles. The zero-order valence-electron chi connectivity index (χ0n) is 7.48. The molecule has 15 heavy (non-hydrogen) atoms. The monoisotopic (exact) mass is 225 g/mol. The van der Waals surface area contributed by atoms with Gasteiger partial charge in [-0.25, -0.2) is 8.78 Å². The summed E-state index contributed by atoms with van der Waals surface area (Å²) in [6.45, 7) is 0. The van der Waals surface area contributed by atoms with Gasteiger partial charge in [0.15, 0.2) is 0 Å². The molecule has 0 aliphatic carbocycles. The third-order valence-corrected chi connectivity index (χ3v) is 1.76. The lowest BCUT2D eigenvalue weighted by molar-refractivity contribution is -0.138. The predicted molar refractivity (Wildman–Crippen MR) is 44.0 cm³/mol. The third kappa shape index (κ3) is 3.83. The Hall–Kier alpha value is -1.17. The van der Waals surface area contributed by atoms with Gasteiger partial charge in [-0.3, -0.25) is 0 Å². The lowest BCUT2D eigenvalue weighted by Gasteiger charge is -2.14. The van der Waals surface area contributed by atoms with Crippen molar-refractivity contribution < 1.29 is 22.0 Å². The van der Waals surface area contributed by atoms with E-state index in [-0.39, 0.29) is 5.56 Å². The normalized spacial score (nSPS) is 14.0.